The number of primary sulfonamides is 1. The van der Waals surface area contributed by atoms with E-state index < -0.39 is 10.0 Å². The molecule has 5 heteroatoms. The predicted molar refractivity (Wildman–Crippen MR) is 41.5 cm³/mol. The molecule has 0 bridgehead atoms. The average molecular weight is 179 g/mol. The molecule has 66 valence electrons. The smallest absolute Gasteiger partial charge is 0.212 e. The summed E-state index contributed by atoms with van der Waals surface area (Å²) >= 11 is 0. The van der Waals surface area contributed by atoms with Crippen LogP contribution in [0.5, 0.6) is 0 Å². The third kappa shape index (κ3) is 2.15. The number of rotatable bonds is 3. The molecule has 4 nitrogen and oxygen atoms in total. The minimum Gasteiger partial charge on any atom is -0.378 e. The second kappa shape index (κ2) is 3.08. The summed E-state index contributed by atoms with van der Waals surface area (Å²) in [5.41, 5.74) is 0. The van der Waals surface area contributed by atoms with Gasteiger partial charge in [-0.1, -0.05) is 0 Å². The summed E-state index contributed by atoms with van der Waals surface area (Å²) < 4.78 is 26.6. The first-order chi connectivity index (χ1) is 5.04. The number of hydrogen-bond donors (Lipinski definition) is 1. The topological polar surface area (TPSA) is 69.4 Å². The van der Waals surface area contributed by atoms with Gasteiger partial charge in [0.2, 0.25) is 10.0 Å². The maximum absolute atomic E-state index is 10.7. The van der Waals surface area contributed by atoms with Crippen molar-refractivity contribution in [1.82, 2.24) is 0 Å². The van der Waals surface area contributed by atoms with E-state index in [4.69, 9.17) is 9.88 Å². The zero-order valence-electron chi connectivity index (χ0n) is 6.49. The first kappa shape index (κ1) is 8.96. The van der Waals surface area contributed by atoms with Crippen molar-refractivity contribution in [2.75, 3.05) is 6.61 Å². The Morgan fingerprint density at radius 1 is 1.55 bits per heavy atom. The molecule has 1 saturated carbocycles. The van der Waals surface area contributed by atoms with E-state index in [0.29, 0.717) is 19.4 Å². The van der Waals surface area contributed by atoms with E-state index in [1.165, 1.54) is 0 Å². The number of sulfonamides is 1. The van der Waals surface area contributed by atoms with E-state index in [2.05, 4.69) is 0 Å². The molecule has 0 amide bonds. The highest BCUT2D eigenvalue weighted by Gasteiger charge is 2.37. The molecule has 11 heavy (non-hydrogen) atoms. The Morgan fingerprint density at radius 2 is 2.09 bits per heavy atom. The third-order valence-electron chi connectivity index (χ3n) is 1.92. The van der Waals surface area contributed by atoms with Crippen LogP contribution in [0.15, 0.2) is 0 Å². The zero-order valence-corrected chi connectivity index (χ0v) is 7.30. The molecule has 2 N–H and O–H groups in total. The molecule has 0 aliphatic heterocycles. The van der Waals surface area contributed by atoms with Crippen LogP contribution >= 0.6 is 0 Å². The largest absolute Gasteiger partial charge is 0.378 e. The van der Waals surface area contributed by atoms with Gasteiger partial charge in [0.1, 0.15) is 0 Å². The van der Waals surface area contributed by atoms with Gasteiger partial charge in [-0.15, -0.1) is 0 Å². The lowest BCUT2D eigenvalue weighted by Gasteiger charge is -2.32. The van der Waals surface area contributed by atoms with Gasteiger partial charge >= 0.3 is 0 Å². The molecule has 0 spiro atoms. The molecule has 0 radical (unpaired) electrons. The van der Waals surface area contributed by atoms with Gasteiger partial charge in [0.15, 0.2) is 0 Å². The summed E-state index contributed by atoms with van der Waals surface area (Å²) in [6.07, 6.45) is 1.24. The molecule has 0 aromatic heterocycles. The zero-order chi connectivity index (χ0) is 8.48. The van der Waals surface area contributed by atoms with Crippen molar-refractivity contribution in [3.63, 3.8) is 0 Å². The molecule has 1 fully saturated rings. The summed E-state index contributed by atoms with van der Waals surface area (Å²) in [5.74, 6) is 0. The van der Waals surface area contributed by atoms with E-state index in [1.54, 1.807) is 0 Å². The number of nitrogens with two attached hydrogens (primary N) is 1. The van der Waals surface area contributed by atoms with Gasteiger partial charge in [0.25, 0.3) is 0 Å². The lowest BCUT2D eigenvalue weighted by Crippen LogP contribution is -2.44. The molecular formula is C6H13NO3S. The molecule has 0 unspecified atom stereocenters. The van der Waals surface area contributed by atoms with Crippen molar-refractivity contribution in [2.45, 2.75) is 31.1 Å². The fraction of sp³-hybridized carbons (Fsp3) is 1.00. The number of hydrogen-bond acceptors (Lipinski definition) is 3. The fourth-order valence-electron chi connectivity index (χ4n) is 1.16. The van der Waals surface area contributed by atoms with E-state index in [0.717, 1.165) is 0 Å². The average Bonchev–Trinajstić information content (AvgIpc) is 1.74. The number of ether oxygens (including phenoxy) is 1. The predicted octanol–water partition coefficient (Wildman–Crippen LogP) is -0.158. The second-order valence-corrected chi connectivity index (χ2v) is 4.60. The molecule has 0 saturated heterocycles. The Hall–Kier alpha value is -0.130. The highest BCUT2D eigenvalue weighted by molar-refractivity contribution is 7.89. The van der Waals surface area contributed by atoms with E-state index in [-0.39, 0.29) is 11.4 Å². The molecular weight excluding hydrogens is 166 g/mol. The van der Waals surface area contributed by atoms with Gasteiger partial charge in [-0.3, -0.25) is 0 Å². The van der Waals surface area contributed by atoms with Gasteiger partial charge in [0.05, 0.1) is 11.4 Å². The summed E-state index contributed by atoms with van der Waals surface area (Å²) in [7, 11) is -3.30. The van der Waals surface area contributed by atoms with E-state index >= 15 is 0 Å². The van der Waals surface area contributed by atoms with Crippen LogP contribution in [0.4, 0.5) is 0 Å². The van der Waals surface area contributed by atoms with Crippen LogP contribution in [-0.4, -0.2) is 26.4 Å². The van der Waals surface area contributed by atoms with Crippen LogP contribution in [0.3, 0.4) is 0 Å². The fourth-order valence-corrected chi connectivity index (χ4v) is 2.12. The van der Waals surface area contributed by atoms with Gasteiger partial charge in [-0.25, -0.2) is 13.6 Å². The summed E-state index contributed by atoms with van der Waals surface area (Å²) in [5, 5.41) is 4.55. The SMILES string of the molecule is CCOC1CC(S(N)(=O)=O)C1. The van der Waals surface area contributed by atoms with Crippen LogP contribution in [0.2, 0.25) is 0 Å². The van der Waals surface area contributed by atoms with Crippen molar-refractivity contribution in [3.05, 3.63) is 0 Å². The normalized spacial score (nSPS) is 31.5. The van der Waals surface area contributed by atoms with E-state index in [9.17, 15) is 8.42 Å². The Morgan fingerprint density at radius 3 is 2.45 bits per heavy atom. The van der Waals surface area contributed by atoms with Crippen LogP contribution in [0, 0.1) is 0 Å². The Balaban J connectivity index is 2.30. The Kier molecular flexibility index (Phi) is 2.51. The lowest BCUT2D eigenvalue weighted by atomic mass is 9.95. The molecule has 1 aliphatic carbocycles. The maximum atomic E-state index is 10.7. The molecule has 0 aromatic carbocycles. The van der Waals surface area contributed by atoms with Crippen molar-refractivity contribution in [3.8, 4) is 0 Å². The van der Waals surface area contributed by atoms with Gasteiger partial charge in [0, 0.05) is 6.61 Å². The van der Waals surface area contributed by atoms with Crippen molar-refractivity contribution < 1.29 is 13.2 Å². The van der Waals surface area contributed by atoms with Crippen molar-refractivity contribution in [1.29, 1.82) is 0 Å². The molecule has 1 rings (SSSR count). The highest BCUT2D eigenvalue weighted by Crippen LogP contribution is 2.27. The first-order valence-corrected chi connectivity index (χ1v) is 5.28. The molecule has 0 aromatic rings. The Bertz CT molecular complexity index is 218. The Labute approximate surface area is 66.8 Å². The molecule has 0 heterocycles. The minimum atomic E-state index is -3.30. The standard InChI is InChI=1S/C6H13NO3S/c1-2-10-5-3-6(4-5)11(7,8)9/h5-6H,2-4H2,1H3,(H2,7,8,9). The van der Waals surface area contributed by atoms with Crippen LogP contribution in [0.1, 0.15) is 19.8 Å². The summed E-state index contributed by atoms with van der Waals surface area (Å²) in [6, 6.07) is 0. The van der Waals surface area contributed by atoms with Crippen LogP contribution < -0.4 is 5.14 Å². The maximum Gasteiger partial charge on any atom is 0.212 e. The lowest BCUT2D eigenvalue weighted by molar-refractivity contribution is 0.0122. The molecule has 1 aliphatic rings. The third-order valence-corrected chi connectivity index (χ3v) is 3.23. The summed E-state index contributed by atoms with van der Waals surface area (Å²) in [4.78, 5) is 0. The van der Waals surface area contributed by atoms with Gasteiger partial charge < -0.3 is 4.74 Å². The monoisotopic (exact) mass is 179 g/mol. The van der Waals surface area contributed by atoms with Gasteiger partial charge in [-0.05, 0) is 19.8 Å². The quantitative estimate of drug-likeness (QED) is 0.654. The van der Waals surface area contributed by atoms with Crippen molar-refractivity contribution >= 4 is 10.0 Å². The van der Waals surface area contributed by atoms with Gasteiger partial charge in [-0.2, -0.15) is 0 Å². The second-order valence-electron chi connectivity index (χ2n) is 2.76. The summed E-state index contributed by atoms with van der Waals surface area (Å²) in [6.45, 7) is 2.53. The first-order valence-electron chi connectivity index (χ1n) is 3.67. The minimum absolute atomic E-state index is 0.114. The van der Waals surface area contributed by atoms with Crippen molar-refractivity contribution in [2.24, 2.45) is 5.14 Å². The van der Waals surface area contributed by atoms with Crippen LogP contribution in [-0.2, 0) is 14.8 Å². The van der Waals surface area contributed by atoms with Crippen LogP contribution in [0.25, 0.3) is 0 Å². The highest BCUT2D eigenvalue weighted by atomic mass is 32.2. The molecule has 0 atom stereocenters. The van der Waals surface area contributed by atoms with E-state index in [1.807, 2.05) is 6.92 Å².